The number of nitrogens with zero attached hydrogens (tertiary/aromatic N) is 1. The van der Waals surface area contributed by atoms with E-state index >= 15 is 0 Å². The molecule has 3 heterocycles. The second-order valence-electron chi connectivity index (χ2n) is 7.28. The number of aryl methyl sites for hydroxylation is 1. The predicted molar refractivity (Wildman–Crippen MR) is 132 cm³/mol. The largest absolute Gasteiger partial charge is 0.365 e. The lowest BCUT2D eigenvalue weighted by atomic mass is 9.95. The van der Waals surface area contributed by atoms with Crippen LogP contribution in [-0.4, -0.2) is 33.5 Å². The molecular formula is C21H21N3O3S4. The summed E-state index contributed by atoms with van der Waals surface area (Å²) in [6, 6.07) is 3.88. The monoisotopic (exact) mass is 491 g/mol. The molecule has 3 amide bonds. The molecule has 0 aromatic carbocycles. The van der Waals surface area contributed by atoms with Crippen molar-refractivity contribution < 1.29 is 14.4 Å². The van der Waals surface area contributed by atoms with Crippen molar-refractivity contribution in [2.45, 2.75) is 38.5 Å². The molecule has 1 fully saturated rings. The number of carbonyl (C=O) groups excluding carboxylic acids is 3. The third-order valence-electron chi connectivity index (χ3n) is 5.15. The molecule has 4 rings (SSSR count). The highest BCUT2D eigenvalue weighted by Gasteiger charge is 2.32. The Morgan fingerprint density at radius 1 is 1.29 bits per heavy atom. The summed E-state index contributed by atoms with van der Waals surface area (Å²) >= 11 is 9.65. The van der Waals surface area contributed by atoms with Gasteiger partial charge in [0.2, 0.25) is 5.91 Å². The van der Waals surface area contributed by atoms with Crippen LogP contribution >= 0.6 is 46.7 Å². The van der Waals surface area contributed by atoms with E-state index in [1.165, 1.54) is 23.1 Å². The first-order valence-electron chi connectivity index (χ1n) is 9.97. The fraction of sp³-hybridized carbons (Fsp3) is 0.333. The molecule has 31 heavy (non-hydrogen) atoms. The molecule has 162 valence electrons. The zero-order valence-corrected chi connectivity index (χ0v) is 19.9. The summed E-state index contributed by atoms with van der Waals surface area (Å²) in [5.41, 5.74) is 7.04. The maximum atomic E-state index is 12.6. The van der Waals surface area contributed by atoms with Gasteiger partial charge in [0.25, 0.3) is 11.8 Å². The van der Waals surface area contributed by atoms with Crippen molar-refractivity contribution in [1.29, 1.82) is 0 Å². The summed E-state index contributed by atoms with van der Waals surface area (Å²) in [4.78, 5) is 41.4. The Kier molecular flexibility index (Phi) is 6.90. The van der Waals surface area contributed by atoms with Crippen LogP contribution in [0.25, 0.3) is 6.08 Å². The third-order valence-corrected chi connectivity index (χ3v) is 8.55. The molecule has 1 saturated heterocycles. The van der Waals surface area contributed by atoms with Gasteiger partial charge in [0.05, 0.1) is 10.5 Å². The summed E-state index contributed by atoms with van der Waals surface area (Å²) < 4.78 is 0.509. The minimum Gasteiger partial charge on any atom is -0.365 e. The van der Waals surface area contributed by atoms with Gasteiger partial charge in [0, 0.05) is 22.7 Å². The van der Waals surface area contributed by atoms with E-state index in [4.69, 9.17) is 18.0 Å². The zero-order valence-electron chi connectivity index (χ0n) is 16.6. The van der Waals surface area contributed by atoms with E-state index in [-0.39, 0.29) is 18.2 Å². The van der Waals surface area contributed by atoms with E-state index in [1.54, 1.807) is 16.2 Å². The fourth-order valence-corrected chi connectivity index (χ4v) is 7.04. The molecule has 10 heteroatoms. The molecule has 3 N–H and O–H groups in total. The number of hydrogen-bond donors (Lipinski definition) is 2. The first kappa shape index (κ1) is 22.2. The second-order valence-corrected chi connectivity index (χ2v) is 11.0. The summed E-state index contributed by atoms with van der Waals surface area (Å²) in [6.45, 7) is 0.378. The van der Waals surface area contributed by atoms with Gasteiger partial charge in [-0.2, -0.15) is 0 Å². The van der Waals surface area contributed by atoms with Crippen LogP contribution in [0.15, 0.2) is 22.4 Å². The van der Waals surface area contributed by atoms with Gasteiger partial charge < -0.3 is 11.1 Å². The van der Waals surface area contributed by atoms with Crippen molar-refractivity contribution in [3.8, 4) is 0 Å². The van der Waals surface area contributed by atoms with Crippen LogP contribution in [0.3, 0.4) is 0 Å². The van der Waals surface area contributed by atoms with Crippen LogP contribution in [0.2, 0.25) is 0 Å². The number of thiocarbonyl (C=S) groups is 1. The average Bonchev–Trinajstić information content (AvgIpc) is 3.42. The number of rotatable bonds is 7. The molecule has 0 bridgehead atoms. The molecule has 0 radical (unpaired) electrons. The molecule has 0 atom stereocenters. The lowest BCUT2D eigenvalue weighted by Crippen LogP contribution is -2.29. The summed E-state index contributed by atoms with van der Waals surface area (Å²) in [7, 11) is 0. The number of hydrogen-bond acceptors (Lipinski definition) is 7. The third kappa shape index (κ3) is 4.92. The van der Waals surface area contributed by atoms with Crippen molar-refractivity contribution >= 4 is 79.8 Å². The first-order chi connectivity index (χ1) is 14.9. The molecule has 1 aliphatic carbocycles. The van der Waals surface area contributed by atoms with Crippen LogP contribution < -0.4 is 11.1 Å². The molecule has 0 spiro atoms. The molecular weight excluding hydrogens is 471 g/mol. The van der Waals surface area contributed by atoms with Gasteiger partial charge in [-0.3, -0.25) is 19.3 Å². The highest BCUT2D eigenvalue weighted by Crippen LogP contribution is 2.38. The Morgan fingerprint density at radius 3 is 2.84 bits per heavy atom. The van der Waals surface area contributed by atoms with Gasteiger partial charge in [-0.15, -0.1) is 22.7 Å². The molecule has 0 unspecified atom stereocenters. The lowest BCUT2D eigenvalue weighted by Gasteiger charge is -2.14. The SMILES string of the molecule is NC(=O)c1c(NC(=O)CCCN2C(=O)/C(=C/c3cccs3)SC2=S)sc2c1CCCC2. The van der Waals surface area contributed by atoms with Gasteiger partial charge in [-0.05, 0) is 55.2 Å². The van der Waals surface area contributed by atoms with Crippen LogP contribution in [0, 0.1) is 0 Å². The molecule has 2 aliphatic rings. The number of nitrogens with one attached hydrogen (secondary N) is 1. The standard InChI is InChI=1S/C21H21N3O3S4/c22-18(26)17-13-6-1-2-7-14(13)30-19(17)23-16(25)8-3-9-24-20(27)15(31-21(24)28)11-12-5-4-10-29-12/h4-5,10-11H,1-3,6-9H2,(H2,22,26)(H,23,25)/b15-11-. The van der Waals surface area contributed by atoms with E-state index in [2.05, 4.69) is 5.32 Å². The number of carbonyl (C=O) groups is 3. The minimum absolute atomic E-state index is 0.120. The predicted octanol–water partition coefficient (Wildman–Crippen LogP) is 4.41. The van der Waals surface area contributed by atoms with E-state index in [1.807, 2.05) is 23.6 Å². The normalized spacial score (nSPS) is 17.3. The van der Waals surface area contributed by atoms with Gasteiger partial charge in [0.1, 0.15) is 9.32 Å². The summed E-state index contributed by atoms with van der Waals surface area (Å²) in [6.07, 6.45) is 6.41. The average molecular weight is 492 g/mol. The smallest absolute Gasteiger partial charge is 0.266 e. The van der Waals surface area contributed by atoms with Crippen LogP contribution in [0.4, 0.5) is 5.00 Å². The minimum atomic E-state index is -0.496. The van der Waals surface area contributed by atoms with Crippen molar-refractivity contribution in [1.82, 2.24) is 4.90 Å². The lowest BCUT2D eigenvalue weighted by molar-refractivity contribution is -0.122. The molecule has 1 aliphatic heterocycles. The van der Waals surface area contributed by atoms with E-state index in [0.29, 0.717) is 32.8 Å². The van der Waals surface area contributed by atoms with Crippen LogP contribution in [-0.2, 0) is 22.4 Å². The topological polar surface area (TPSA) is 92.5 Å². The number of nitrogens with two attached hydrogens (primary N) is 1. The maximum Gasteiger partial charge on any atom is 0.266 e. The maximum absolute atomic E-state index is 12.6. The Labute approximate surface area is 197 Å². The highest BCUT2D eigenvalue weighted by molar-refractivity contribution is 8.26. The molecule has 2 aromatic heterocycles. The Balaban J connectivity index is 1.34. The second kappa shape index (κ2) is 9.64. The van der Waals surface area contributed by atoms with Crippen LogP contribution in [0.1, 0.15) is 51.4 Å². The zero-order chi connectivity index (χ0) is 22.0. The fourth-order valence-electron chi connectivity index (χ4n) is 3.70. The number of primary amides is 1. The number of thioether (sulfide) groups is 1. The van der Waals surface area contributed by atoms with Crippen LogP contribution in [0.5, 0.6) is 0 Å². The highest BCUT2D eigenvalue weighted by atomic mass is 32.2. The van der Waals surface area contributed by atoms with E-state index in [9.17, 15) is 14.4 Å². The Morgan fingerprint density at radius 2 is 2.10 bits per heavy atom. The number of anilines is 1. The summed E-state index contributed by atoms with van der Waals surface area (Å²) in [5.74, 6) is -0.809. The Hall–Kier alpha value is -2.01. The molecule has 6 nitrogen and oxygen atoms in total. The summed E-state index contributed by atoms with van der Waals surface area (Å²) in [5, 5.41) is 5.37. The van der Waals surface area contributed by atoms with Gasteiger partial charge >= 0.3 is 0 Å². The van der Waals surface area contributed by atoms with Gasteiger partial charge in [0.15, 0.2) is 0 Å². The number of fused-ring (bicyclic) bond motifs is 1. The Bertz CT molecular complexity index is 1070. The van der Waals surface area contributed by atoms with Crippen molar-refractivity contribution in [2.24, 2.45) is 5.73 Å². The van der Waals surface area contributed by atoms with Crippen molar-refractivity contribution in [3.63, 3.8) is 0 Å². The van der Waals surface area contributed by atoms with Gasteiger partial charge in [-0.25, -0.2) is 0 Å². The van der Waals surface area contributed by atoms with Gasteiger partial charge in [-0.1, -0.05) is 30.0 Å². The van der Waals surface area contributed by atoms with E-state index < -0.39 is 5.91 Å². The quantitative estimate of drug-likeness (QED) is 0.442. The van der Waals surface area contributed by atoms with Crippen molar-refractivity contribution in [3.05, 3.63) is 43.3 Å². The van der Waals surface area contributed by atoms with Crippen molar-refractivity contribution in [2.75, 3.05) is 11.9 Å². The number of amides is 3. The van der Waals surface area contributed by atoms with E-state index in [0.717, 1.165) is 41.0 Å². The number of thiophene rings is 2. The first-order valence-corrected chi connectivity index (χ1v) is 12.9. The molecule has 2 aromatic rings. The molecule has 0 saturated carbocycles.